The van der Waals surface area contributed by atoms with Gasteiger partial charge in [0.2, 0.25) is 0 Å². The molecule has 0 bridgehead atoms. The van der Waals surface area contributed by atoms with Gasteiger partial charge < -0.3 is 24.6 Å². The summed E-state index contributed by atoms with van der Waals surface area (Å²) in [6.45, 7) is 3.49. The fourth-order valence-electron chi connectivity index (χ4n) is 5.77. The van der Waals surface area contributed by atoms with Crippen molar-refractivity contribution >= 4 is 13.8 Å². The van der Waals surface area contributed by atoms with Crippen molar-refractivity contribution < 1.29 is 43.0 Å². The van der Waals surface area contributed by atoms with Gasteiger partial charge in [0.25, 0.3) is 0 Å². The quantitative estimate of drug-likeness (QED) is 0.0240. The molecule has 10 heteroatoms. The Morgan fingerprint density at radius 2 is 1.02 bits per heavy atom. The van der Waals surface area contributed by atoms with E-state index in [-0.39, 0.29) is 19.6 Å². The molecule has 0 radical (unpaired) electrons. The second-order valence-electron chi connectivity index (χ2n) is 14.4. The Morgan fingerprint density at radius 1 is 0.585 bits per heavy atom. The van der Waals surface area contributed by atoms with E-state index in [0.717, 1.165) is 51.4 Å². The van der Waals surface area contributed by atoms with Gasteiger partial charge in [-0.05, 0) is 51.4 Å². The number of allylic oxidation sites excluding steroid dienone is 6. The lowest BCUT2D eigenvalue weighted by Gasteiger charge is -2.20. The molecular weight excluding hydrogens is 691 g/mol. The normalized spacial score (nSPS) is 14.4. The number of aliphatic hydroxyl groups is 2. The van der Waals surface area contributed by atoms with Crippen LogP contribution in [0.1, 0.15) is 187 Å². The van der Waals surface area contributed by atoms with Gasteiger partial charge >= 0.3 is 13.8 Å². The van der Waals surface area contributed by atoms with E-state index >= 15 is 0 Å². The van der Waals surface area contributed by atoms with Crippen molar-refractivity contribution in [1.82, 2.24) is 0 Å². The molecule has 0 heterocycles. The molecule has 0 aromatic rings. The summed E-state index contributed by atoms with van der Waals surface area (Å²) >= 11 is 0. The highest BCUT2D eigenvalue weighted by Gasteiger charge is 2.26. The maximum absolute atomic E-state index is 12.6. The third kappa shape index (κ3) is 40.2. The van der Waals surface area contributed by atoms with Crippen molar-refractivity contribution in [3.8, 4) is 0 Å². The van der Waals surface area contributed by atoms with Gasteiger partial charge in [-0.3, -0.25) is 13.8 Å². The van der Waals surface area contributed by atoms with Crippen molar-refractivity contribution in [2.75, 3.05) is 33.0 Å². The first kappa shape index (κ1) is 51.7. The van der Waals surface area contributed by atoms with Gasteiger partial charge in [-0.2, -0.15) is 0 Å². The van der Waals surface area contributed by atoms with E-state index in [4.69, 9.17) is 23.6 Å². The monoisotopic (exact) mass is 773 g/mol. The first-order valence-corrected chi connectivity index (χ1v) is 23.0. The van der Waals surface area contributed by atoms with E-state index < -0.39 is 39.2 Å². The van der Waals surface area contributed by atoms with Crippen LogP contribution in [0.3, 0.4) is 0 Å². The molecule has 53 heavy (non-hydrogen) atoms. The smallest absolute Gasteiger partial charge is 0.457 e. The van der Waals surface area contributed by atoms with Crippen molar-refractivity contribution in [3.05, 3.63) is 36.5 Å². The van der Waals surface area contributed by atoms with Crippen molar-refractivity contribution in [1.29, 1.82) is 0 Å². The zero-order valence-corrected chi connectivity index (χ0v) is 34.9. The molecule has 0 saturated heterocycles. The molecule has 9 nitrogen and oxygen atoms in total. The van der Waals surface area contributed by atoms with Crippen LogP contribution in [0.5, 0.6) is 0 Å². The number of phosphoric ester groups is 1. The summed E-state index contributed by atoms with van der Waals surface area (Å²) in [4.78, 5) is 22.6. The number of rotatable bonds is 41. The van der Waals surface area contributed by atoms with Crippen LogP contribution in [0.2, 0.25) is 0 Å². The summed E-state index contributed by atoms with van der Waals surface area (Å²) in [7, 11) is -4.52. The minimum Gasteiger partial charge on any atom is -0.457 e. The number of carbonyl (C=O) groups is 1. The van der Waals surface area contributed by atoms with Crippen LogP contribution in [0.25, 0.3) is 0 Å². The highest BCUT2D eigenvalue weighted by atomic mass is 31.2. The number of aliphatic hydroxyl groups excluding tert-OH is 2. The number of hydrogen-bond acceptors (Lipinski definition) is 8. The number of hydrogen-bond donors (Lipinski definition) is 3. The lowest BCUT2D eigenvalue weighted by molar-refractivity contribution is -0.154. The van der Waals surface area contributed by atoms with Crippen LogP contribution < -0.4 is 0 Å². The molecule has 0 aliphatic rings. The Morgan fingerprint density at radius 3 is 1.57 bits per heavy atom. The minimum atomic E-state index is -4.52. The van der Waals surface area contributed by atoms with Crippen LogP contribution in [0.15, 0.2) is 36.5 Å². The van der Waals surface area contributed by atoms with E-state index in [1.165, 1.54) is 109 Å². The predicted molar refractivity (Wildman–Crippen MR) is 219 cm³/mol. The molecule has 0 spiro atoms. The molecule has 0 fully saturated rings. The summed E-state index contributed by atoms with van der Waals surface area (Å²) in [5, 5.41) is 18.3. The number of esters is 1. The standard InChI is InChI=1S/C43H81O9P/c1-3-5-7-9-11-13-15-17-18-19-20-21-22-23-25-27-29-31-33-35-43(46)52-42(40-51-53(47,48)50-38-41(45)37-44)39-49-36-34-32-30-28-26-24-16-14-12-10-8-6-4-2/h11,13,17-18,20-21,41-42,44-45H,3-10,12,14-16,19,22-40H2,1-2H3,(H,47,48)/b13-11-,18-17-,21-20-. The predicted octanol–water partition coefficient (Wildman–Crippen LogP) is 11.6. The van der Waals surface area contributed by atoms with Crippen molar-refractivity contribution in [2.24, 2.45) is 0 Å². The van der Waals surface area contributed by atoms with Crippen molar-refractivity contribution in [3.63, 3.8) is 0 Å². The van der Waals surface area contributed by atoms with Crippen LogP contribution in [-0.2, 0) is 27.9 Å². The second-order valence-corrected chi connectivity index (χ2v) is 15.8. The highest BCUT2D eigenvalue weighted by molar-refractivity contribution is 7.47. The summed E-state index contributed by atoms with van der Waals surface area (Å²) < 4.78 is 33.3. The fourth-order valence-corrected chi connectivity index (χ4v) is 6.56. The van der Waals surface area contributed by atoms with E-state index in [9.17, 15) is 19.4 Å². The van der Waals surface area contributed by atoms with E-state index in [1.807, 2.05) is 0 Å². The molecule has 0 aromatic heterocycles. The molecule has 0 rings (SSSR count). The maximum atomic E-state index is 12.6. The summed E-state index contributed by atoms with van der Waals surface area (Å²) in [6.07, 6.45) is 42.4. The third-order valence-corrected chi connectivity index (χ3v) is 10.0. The molecule has 0 aliphatic heterocycles. The van der Waals surface area contributed by atoms with Gasteiger partial charge in [-0.1, -0.05) is 166 Å². The molecule has 3 N–H and O–H groups in total. The topological polar surface area (TPSA) is 132 Å². The van der Waals surface area contributed by atoms with E-state index in [1.54, 1.807) is 0 Å². The molecule has 0 aliphatic carbocycles. The number of unbranched alkanes of at least 4 members (excludes halogenated alkanes) is 21. The highest BCUT2D eigenvalue weighted by Crippen LogP contribution is 2.43. The Hall–Kier alpha value is -1.32. The van der Waals surface area contributed by atoms with Gasteiger partial charge in [0.05, 0.1) is 26.4 Å². The van der Waals surface area contributed by atoms with E-state index in [0.29, 0.717) is 13.0 Å². The van der Waals surface area contributed by atoms with Gasteiger partial charge in [0.15, 0.2) is 0 Å². The van der Waals surface area contributed by atoms with Crippen LogP contribution in [-0.4, -0.2) is 66.3 Å². The zero-order valence-electron chi connectivity index (χ0n) is 34.0. The Bertz CT molecular complexity index is 923. The lowest BCUT2D eigenvalue weighted by Crippen LogP contribution is -2.29. The van der Waals surface area contributed by atoms with Crippen LogP contribution in [0.4, 0.5) is 0 Å². The number of ether oxygens (including phenoxy) is 2. The summed E-state index contributed by atoms with van der Waals surface area (Å²) in [5.41, 5.74) is 0. The molecule has 0 amide bonds. The molecule has 0 aromatic carbocycles. The summed E-state index contributed by atoms with van der Waals surface area (Å²) in [5.74, 6) is -0.394. The van der Waals surface area contributed by atoms with Gasteiger partial charge in [-0.15, -0.1) is 0 Å². The SMILES string of the molecule is CCCCC/C=C\C/C=C\C/C=C\CCCCCCCCC(=O)OC(COCCCCCCCCCCCCCCC)COP(=O)(O)OCC(O)CO. The van der Waals surface area contributed by atoms with E-state index in [2.05, 4.69) is 50.3 Å². The average molecular weight is 773 g/mol. The minimum absolute atomic E-state index is 0.0462. The first-order valence-electron chi connectivity index (χ1n) is 21.5. The van der Waals surface area contributed by atoms with Crippen LogP contribution >= 0.6 is 7.82 Å². The fraction of sp³-hybridized carbons (Fsp3) is 0.837. The lowest BCUT2D eigenvalue weighted by atomic mass is 10.0. The maximum Gasteiger partial charge on any atom is 0.472 e. The van der Waals surface area contributed by atoms with Gasteiger partial charge in [0.1, 0.15) is 12.2 Å². The Balaban J connectivity index is 4.19. The Labute approximate surface area is 325 Å². The molecule has 312 valence electrons. The second kappa shape index (κ2) is 40.3. The number of phosphoric acid groups is 1. The first-order chi connectivity index (χ1) is 25.8. The molecule has 3 unspecified atom stereocenters. The molecule has 3 atom stereocenters. The number of carbonyl (C=O) groups excluding carboxylic acids is 1. The van der Waals surface area contributed by atoms with Gasteiger partial charge in [0, 0.05) is 13.0 Å². The molecule has 0 saturated carbocycles. The Kier molecular flexibility index (Phi) is 39.3. The largest absolute Gasteiger partial charge is 0.472 e. The van der Waals surface area contributed by atoms with Crippen molar-refractivity contribution in [2.45, 2.75) is 199 Å². The third-order valence-electron chi connectivity index (χ3n) is 9.08. The zero-order chi connectivity index (χ0) is 38.9. The van der Waals surface area contributed by atoms with Gasteiger partial charge in [-0.25, -0.2) is 4.57 Å². The van der Waals surface area contributed by atoms with Crippen LogP contribution in [0, 0.1) is 0 Å². The molecular formula is C43H81O9P. The average Bonchev–Trinajstić information content (AvgIpc) is 3.15. The summed E-state index contributed by atoms with van der Waals surface area (Å²) in [6, 6.07) is 0.